The molecule has 0 aliphatic rings. The van der Waals surface area contributed by atoms with Gasteiger partial charge in [-0.15, -0.1) is 0 Å². The highest BCUT2D eigenvalue weighted by Gasteiger charge is 1.74. The first kappa shape index (κ1) is 14.7. The molecule has 0 N–H and O–H groups in total. The summed E-state index contributed by atoms with van der Waals surface area (Å²) in [5.41, 5.74) is 0. The Bertz CT molecular complexity index is 262. The van der Waals surface area contributed by atoms with E-state index < -0.39 is 0 Å². The van der Waals surface area contributed by atoms with Crippen LogP contribution in [0.2, 0.25) is 0 Å². The van der Waals surface area contributed by atoms with Gasteiger partial charge in [-0.3, -0.25) is 0 Å². The van der Waals surface area contributed by atoms with Crippen molar-refractivity contribution in [1.82, 2.24) is 0 Å². The number of unbranched alkanes of at least 4 members (excludes halogenated alkanes) is 2. The van der Waals surface area contributed by atoms with Crippen LogP contribution < -0.4 is 0 Å². The standard InChI is InChI=1S/C16H23/c1-3-5-7-9-11-13-15-16-14-12-10-8-6-4-2/h5,7,9-16H,1,3-4,6,8H2,2H3. The van der Waals surface area contributed by atoms with Crippen molar-refractivity contribution in [3.8, 4) is 0 Å². The van der Waals surface area contributed by atoms with Crippen LogP contribution in [-0.2, 0) is 0 Å². The van der Waals surface area contributed by atoms with Crippen molar-refractivity contribution in [2.75, 3.05) is 0 Å². The van der Waals surface area contributed by atoms with E-state index in [2.05, 4.69) is 32.1 Å². The molecule has 0 nitrogen and oxygen atoms in total. The van der Waals surface area contributed by atoms with Crippen molar-refractivity contribution in [2.24, 2.45) is 0 Å². The van der Waals surface area contributed by atoms with Gasteiger partial charge in [-0.2, -0.15) is 0 Å². The SMILES string of the molecule is [CH2]CC=CC=CC=CC=CC=CCCCC. The first-order valence-corrected chi connectivity index (χ1v) is 6.02. The molecule has 0 rings (SSSR count). The molecule has 0 aliphatic carbocycles. The van der Waals surface area contributed by atoms with Crippen molar-refractivity contribution < 1.29 is 0 Å². The van der Waals surface area contributed by atoms with Crippen LogP contribution in [0.3, 0.4) is 0 Å². The van der Waals surface area contributed by atoms with E-state index in [9.17, 15) is 0 Å². The minimum absolute atomic E-state index is 0.844. The molecular formula is C16H23. The molecule has 0 heteroatoms. The van der Waals surface area contributed by atoms with Crippen LogP contribution in [0.1, 0.15) is 32.6 Å². The van der Waals surface area contributed by atoms with E-state index in [4.69, 9.17) is 0 Å². The summed E-state index contributed by atoms with van der Waals surface area (Å²) >= 11 is 0. The van der Waals surface area contributed by atoms with E-state index in [0.29, 0.717) is 0 Å². The second-order valence-corrected chi connectivity index (χ2v) is 3.44. The van der Waals surface area contributed by atoms with Gasteiger partial charge in [0.1, 0.15) is 0 Å². The monoisotopic (exact) mass is 215 g/mol. The molecule has 0 aromatic heterocycles. The fourth-order valence-corrected chi connectivity index (χ4v) is 1.06. The van der Waals surface area contributed by atoms with Gasteiger partial charge in [0.25, 0.3) is 0 Å². The van der Waals surface area contributed by atoms with Gasteiger partial charge in [-0.05, 0) is 19.8 Å². The third kappa shape index (κ3) is 12.7. The van der Waals surface area contributed by atoms with Gasteiger partial charge in [0.15, 0.2) is 0 Å². The lowest BCUT2D eigenvalue weighted by Gasteiger charge is -1.84. The maximum atomic E-state index is 3.72. The molecule has 0 aromatic carbocycles. The molecule has 1 radical (unpaired) electrons. The fraction of sp³-hybridized carbons (Fsp3) is 0.312. The first-order chi connectivity index (χ1) is 7.91. The van der Waals surface area contributed by atoms with Crippen molar-refractivity contribution >= 4 is 0 Å². The van der Waals surface area contributed by atoms with E-state index in [1.807, 2.05) is 42.5 Å². The highest BCUT2D eigenvalue weighted by molar-refractivity contribution is 5.17. The van der Waals surface area contributed by atoms with Crippen LogP contribution in [-0.4, -0.2) is 0 Å². The average molecular weight is 215 g/mol. The predicted octanol–water partition coefficient (Wildman–Crippen LogP) is 5.18. The van der Waals surface area contributed by atoms with Gasteiger partial charge in [0.2, 0.25) is 0 Å². The normalized spacial score (nSPS) is 13.4. The molecule has 0 heterocycles. The topological polar surface area (TPSA) is 0 Å². The van der Waals surface area contributed by atoms with Crippen LogP contribution in [0.15, 0.2) is 60.8 Å². The summed E-state index contributed by atoms with van der Waals surface area (Å²) in [5, 5.41) is 0. The summed E-state index contributed by atoms with van der Waals surface area (Å²) in [7, 11) is 0. The number of hydrogen-bond donors (Lipinski definition) is 0. The molecule has 0 fully saturated rings. The van der Waals surface area contributed by atoms with Gasteiger partial charge in [0, 0.05) is 0 Å². The van der Waals surface area contributed by atoms with E-state index in [1.165, 1.54) is 19.3 Å². The second kappa shape index (κ2) is 13.7. The molecule has 0 atom stereocenters. The van der Waals surface area contributed by atoms with Gasteiger partial charge < -0.3 is 0 Å². The summed E-state index contributed by atoms with van der Waals surface area (Å²) in [6, 6.07) is 0. The Morgan fingerprint density at radius 3 is 1.75 bits per heavy atom. The Morgan fingerprint density at radius 1 is 0.750 bits per heavy atom. The van der Waals surface area contributed by atoms with Crippen LogP contribution in [0.4, 0.5) is 0 Å². The molecule has 0 aromatic rings. The highest BCUT2D eigenvalue weighted by atomic mass is 13.8. The molecule has 0 bridgehead atoms. The van der Waals surface area contributed by atoms with Gasteiger partial charge >= 0.3 is 0 Å². The summed E-state index contributed by atoms with van der Waals surface area (Å²) in [6.45, 7) is 5.93. The lowest BCUT2D eigenvalue weighted by Crippen LogP contribution is -1.64. The third-order valence-corrected chi connectivity index (χ3v) is 1.94. The Balaban J connectivity index is 3.58. The van der Waals surface area contributed by atoms with Crippen LogP contribution >= 0.6 is 0 Å². The van der Waals surface area contributed by atoms with Crippen LogP contribution in [0.25, 0.3) is 0 Å². The summed E-state index contributed by atoms with van der Waals surface area (Å²) < 4.78 is 0. The Hall–Kier alpha value is -1.30. The third-order valence-electron chi connectivity index (χ3n) is 1.94. The van der Waals surface area contributed by atoms with Crippen molar-refractivity contribution in [3.63, 3.8) is 0 Å². The molecule has 87 valence electrons. The zero-order valence-electron chi connectivity index (χ0n) is 10.3. The minimum atomic E-state index is 0.844. The smallest absolute Gasteiger partial charge is 0.0347 e. The number of hydrogen-bond acceptors (Lipinski definition) is 0. The molecule has 16 heavy (non-hydrogen) atoms. The van der Waals surface area contributed by atoms with Gasteiger partial charge in [-0.1, -0.05) is 80.5 Å². The molecular weight excluding hydrogens is 192 g/mol. The fourth-order valence-electron chi connectivity index (χ4n) is 1.06. The highest BCUT2D eigenvalue weighted by Crippen LogP contribution is 1.94. The first-order valence-electron chi connectivity index (χ1n) is 6.02. The Morgan fingerprint density at radius 2 is 1.25 bits per heavy atom. The molecule has 0 saturated carbocycles. The summed E-state index contributed by atoms with van der Waals surface area (Å²) in [4.78, 5) is 0. The zero-order chi connectivity index (χ0) is 11.9. The molecule has 0 unspecified atom stereocenters. The molecule has 0 amide bonds. The summed E-state index contributed by atoms with van der Waals surface area (Å²) in [5.74, 6) is 0. The van der Waals surface area contributed by atoms with Crippen molar-refractivity contribution in [3.05, 3.63) is 67.7 Å². The van der Waals surface area contributed by atoms with E-state index in [1.54, 1.807) is 0 Å². The maximum absolute atomic E-state index is 3.72. The van der Waals surface area contributed by atoms with E-state index >= 15 is 0 Å². The van der Waals surface area contributed by atoms with E-state index in [-0.39, 0.29) is 0 Å². The van der Waals surface area contributed by atoms with Gasteiger partial charge in [-0.25, -0.2) is 0 Å². The molecule has 0 saturated heterocycles. The minimum Gasteiger partial charge on any atom is -0.0845 e. The van der Waals surface area contributed by atoms with E-state index in [0.717, 1.165) is 6.42 Å². The van der Waals surface area contributed by atoms with Crippen LogP contribution in [0.5, 0.6) is 0 Å². The Kier molecular flexibility index (Phi) is 12.6. The van der Waals surface area contributed by atoms with Crippen molar-refractivity contribution in [2.45, 2.75) is 32.6 Å². The molecule has 0 spiro atoms. The maximum Gasteiger partial charge on any atom is -0.0347 e. The van der Waals surface area contributed by atoms with Crippen molar-refractivity contribution in [1.29, 1.82) is 0 Å². The lowest BCUT2D eigenvalue weighted by molar-refractivity contribution is 0.815. The quantitative estimate of drug-likeness (QED) is 0.386. The zero-order valence-corrected chi connectivity index (χ0v) is 10.3. The Labute approximate surface area is 101 Å². The predicted molar refractivity (Wildman–Crippen MR) is 75.2 cm³/mol. The second-order valence-electron chi connectivity index (χ2n) is 3.44. The van der Waals surface area contributed by atoms with Crippen LogP contribution in [0, 0.1) is 6.92 Å². The average Bonchev–Trinajstić information content (AvgIpc) is 2.31. The lowest BCUT2D eigenvalue weighted by atomic mass is 10.2. The number of rotatable bonds is 8. The largest absolute Gasteiger partial charge is 0.0845 e. The number of allylic oxidation sites excluding steroid dienone is 10. The molecule has 0 aliphatic heterocycles. The van der Waals surface area contributed by atoms with Gasteiger partial charge in [0.05, 0.1) is 0 Å². The summed E-state index contributed by atoms with van der Waals surface area (Å²) in [6.07, 6.45) is 25.1.